The van der Waals surface area contributed by atoms with Crippen LogP contribution in [0.5, 0.6) is 0 Å². The molecule has 2 heterocycles. The van der Waals surface area contributed by atoms with E-state index in [1.165, 1.54) is 22.6 Å². The van der Waals surface area contributed by atoms with Crippen LogP contribution in [0.3, 0.4) is 0 Å². The standard InChI is InChI=1S/C20H25N3O4S/c1-15-6-7-17(12-16(15)2)21-19(24)14-22-13-18(8-9-20(22)25)28(26,27)23-10-4-3-5-11-23/h6-9,12-13H,3-5,10-11,14H2,1-2H3,(H,21,24). The zero-order chi connectivity index (χ0) is 20.3. The molecule has 1 aromatic heterocycles. The van der Waals surface area contributed by atoms with Crippen LogP contribution in [-0.2, 0) is 21.4 Å². The first-order valence-electron chi connectivity index (χ1n) is 9.35. The molecule has 0 aliphatic carbocycles. The number of hydrogen-bond donors (Lipinski definition) is 1. The number of carbonyl (C=O) groups is 1. The summed E-state index contributed by atoms with van der Waals surface area (Å²) < 4.78 is 28.2. The molecule has 0 saturated carbocycles. The van der Waals surface area contributed by atoms with Crippen LogP contribution in [0.1, 0.15) is 30.4 Å². The Balaban J connectivity index is 1.78. The monoisotopic (exact) mass is 403 g/mol. The van der Waals surface area contributed by atoms with E-state index in [9.17, 15) is 18.0 Å². The predicted octanol–water partition coefficient (Wildman–Crippen LogP) is 2.28. The van der Waals surface area contributed by atoms with Gasteiger partial charge >= 0.3 is 0 Å². The second-order valence-electron chi connectivity index (χ2n) is 7.14. The summed E-state index contributed by atoms with van der Waals surface area (Å²) in [7, 11) is -3.66. The molecule has 8 heteroatoms. The van der Waals surface area contributed by atoms with E-state index in [-0.39, 0.29) is 11.4 Å². The number of amides is 1. The van der Waals surface area contributed by atoms with Crippen LogP contribution >= 0.6 is 0 Å². The molecule has 1 saturated heterocycles. The van der Waals surface area contributed by atoms with Gasteiger partial charge in [0.15, 0.2) is 0 Å². The van der Waals surface area contributed by atoms with Gasteiger partial charge in [-0.2, -0.15) is 4.31 Å². The first kappa shape index (κ1) is 20.3. The van der Waals surface area contributed by atoms with E-state index in [0.29, 0.717) is 18.8 Å². The van der Waals surface area contributed by atoms with Gasteiger partial charge in [-0.15, -0.1) is 0 Å². The molecule has 2 aromatic rings. The lowest BCUT2D eigenvalue weighted by molar-refractivity contribution is -0.116. The van der Waals surface area contributed by atoms with Gasteiger partial charge in [0.05, 0.1) is 4.90 Å². The van der Waals surface area contributed by atoms with Crippen molar-refractivity contribution < 1.29 is 13.2 Å². The van der Waals surface area contributed by atoms with Crippen molar-refractivity contribution in [3.8, 4) is 0 Å². The van der Waals surface area contributed by atoms with E-state index in [1.54, 1.807) is 6.07 Å². The third kappa shape index (κ3) is 4.51. The van der Waals surface area contributed by atoms with Gasteiger partial charge < -0.3 is 9.88 Å². The number of benzene rings is 1. The van der Waals surface area contributed by atoms with Crippen LogP contribution < -0.4 is 10.9 Å². The summed E-state index contributed by atoms with van der Waals surface area (Å²) in [5.41, 5.74) is 2.38. The Morgan fingerprint density at radius 2 is 1.75 bits per heavy atom. The van der Waals surface area contributed by atoms with Crippen molar-refractivity contribution in [2.24, 2.45) is 0 Å². The molecule has 1 aliphatic rings. The molecule has 1 N–H and O–H groups in total. The number of anilines is 1. The summed E-state index contributed by atoms with van der Waals surface area (Å²) in [4.78, 5) is 24.5. The number of piperidine rings is 1. The van der Waals surface area contributed by atoms with Crippen LogP contribution in [0, 0.1) is 13.8 Å². The third-order valence-corrected chi connectivity index (χ3v) is 6.90. The van der Waals surface area contributed by atoms with Crippen molar-refractivity contribution in [1.82, 2.24) is 8.87 Å². The summed E-state index contributed by atoms with van der Waals surface area (Å²) >= 11 is 0. The van der Waals surface area contributed by atoms with E-state index < -0.39 is 21.5 Å². The fraction of sp³-hybridized carbons (Fsp3) is 0.400. The average Bonchev–Trinajstić information content (AvgIpc) is 2.67. The summed E-state index contributed by atoms with van der Waals surface area (Å²) in [6, 6.07) is 8.06. The van der Waals surface area contributed by atoms with Crippen LogP contribution in [-0.4, -0.2) is 36.3 Å². The second kappa shape index (κ2) is 8.28. The summed E-state index contributed by atoms with van der Waals surface area (Å²) in [6.07, 6.45) is 3.94. The number of rotatable bonds is 5. The van der Waals surface area contributed by atoms with E-state index in [4.69, 9.17) is 0 Å². The number of nitrogens with one attached hydrogen (secondary N) is 1. The van der Waals surface area contributed by atoms with Crippen molar-refractivity contribution in [3.05, 3.63) is 58.0 Å². The number of sulfonamides is 1. The minimum absolute atomic E-state index is 0.0352. The largest absolute Gasteiger partial charge is 0.325 e. The highest BCUT2D eigenvalue weighted by atomic mass is 32.2. The van der Waals surface area contributed by atoms with Gasteiger partial charge in [0, 0.05) is 31.0 Å². The van der Waals surface area contributed by atoms with Gasteiger partial charge in [0.25, 0.3) is 5.56 Å². The van der Waals surface area contributed by atoms with Crippen LogP contribution in [0.4, 0.5) is 5.69 Å². The van der Waals surface area contributed by atoms with Crippen LogP contribution in [0.2, 0.25) is 0 Å². The topological polar surface area (TPSA) is 88.5 Å². The lowest BCUT2D eigenvalue weighted by atomic mass is 10.1. The molecule has 7 nitrogen and oxygen atoms in total. The Morgan fingerprint density at radius 1 is 1.04 bits per heavy atom. The number of pyridine rings is 1. The highest BCUT2D eigenvalue weighted by Gasteiger charge is 2.26. The summed E-state index contributed by atoms with van der Waals surface area (Å²) in [6.45, 7) is 4.64. The van der Waals surface area contributed by atoms with Gasteiger partial charge in [0.2, 0.25) is 15.9 Å². The van der Waals surface area contributed by atoms with Crippen molar-refractivity contribution in [2.75, 3.05) is 18.4 Å². The number of nitrogens with zero attached hydrogens (tertiary/aromatic N) is 2. The molecule has 0 bridgehead atoms. The molecule has 0 atom stereocenters. The Hall–Kier alpha value is -2.45. The first-order valence-corrected chi connectivity index (χ1v) is 10.8. The molecule has 0 spiro atoms. The third-order valence-electron chi connectivity index (χ3n) is 5.01. The fourth-order valence-electron chi connectivity index (χ4n) is 3.21. The lowest BCUT2D eigenvalue weighted by Gasteiger charge is -2.26. The molecule has 1 aliphatic heterocycles. The average molecular weight is 404 g/mol. The molecule has 150 valence electrons. The van der Waals surface area contributed by atoms with E-state index in [1.807, 2.05) is 26.0 Å². The van der Waals surface area contributed by atoms with E-state index >= 15 is 0 Å². The zero-order valence-corrected chi connectivity index (χ0v) is 17.0. The Kier molecular flexibility index (Phi) is 6.00. The van der Waals surface area contributed by atoms with Gasteiger partial charge in [-0.25, -0.2) is 8.42 Å². The van der Waals surface area contributed by atoms with Crippen molar-refractivity contribution in [3.63, 3.8) is 0 Å². The number of aromatic nitrogens is 1. The van der Waals surface area contributed by atoms with E-state index in [2.05, 4.69) is 5.32 Å². The Morgan fingerprint density at radius 3 is 2.43 bits per heavy atom. The zero-order valence-electron chi connectivity index (χ0n) is 16.1. The number of carbonyl (C=O) groups excluding carboxylic acids is 1. The molecule has 0 unspecified atom stereocenters. The van der Waals surface area contributed by atoms with Crippen LogP contribution in [0.25, 0.3) is 0 Å². The first-order chi connectivity index (χ1) is 13.3. The molecule has 1 fully saturated rings. The maximum atomic E-state index is 12.8. The predicted molar refractivity (Wildman–Crippen MR) is 108 cm³/mol. The maximum Gasteiger partial charge on any atom is 0.251 e. The minimum atomic E-state index is -3.66. The van der Waals surface area contributed by atoms with Gasteiger partial charge in [0.1, 0.15) is 6.54 Å². The number of hydrogen-bond acceptors (Lipinski definition) is 4. The highest BCUT2D eigenvalue weighted by molar-refractivity contribution is 7.89. The van der Waals surface area contributed by atoms with Crippen LogP contribution in [0.15, 0.2) is 46.2 Å². The second-order valence-corrected chi connectivity index (χ2v) is 9.08. The molecular weight excluding hydrogens is 378 g/mol. The maximum absolute atomic E-state index is 12.8. The quantitative estimate of drug-likeness (QED) is 0.830. The van der Waals surface area contributed by atoms with Gasteiger partial charge in [-0.3, -0.25) is 9.59 Å². The smallest absolute Gasteiger partial charge is 0.251 e. The van der Waals surface area contributed by atoms with Crippen molar-refractivity contribution in [2.45, 2.75) is 44.6 Å². The molecule has 28 heavy (non-hydrogen) atoms. The molecular formula is C20H25N3O4S. The van der Waals surface area contributed by atoms with E-state index in [0.717, 1.165) is 35.0 Å². The number of aryl methyl sites for hydroxylation is 2. The Bertz CT molecular complexity index is 1040. The van der Waals surface area contributed by atoms with Crippen molar-refractivity contribution in [1.29, 1.82) is 0 Å². The lowest BCUT2D eigenvalue weighted by Crippen LogP contribution is -2.36. The molecule has 1 amide bonds. The molecule has 1 aromatic carbocycles. The summed E-state index contributed by atoms with van der Waals surface area (Å²) in [5.74, 6) is -0.391. The summed E-state index contributed by atoms with van der Waals surface area (Å²) in [5, 5.41) is 2.75. The molecule has 0 radical (unpaired) electrons. The Labute approximate surface area is 165 Å². The van der Waals surface area contributed by atoms with Crippen molar-refractivity contribution >= 4 is 21.6 Å². The van der Waals surface area contributed by atoms with Gasteiger partial charge in [-0.1, -0.05) is 12.5 Å². The molecule has 3 rings (SSSR count). The highest BCUT2D eigenvalue weighted by Crippen LogP contribution is 2.19. The van der Waals surface area contributed by atoms with Gasteiger partial charge in [-0.05, 0) is 56.0 Å². The SMILES string of the molecule is Cc1ccc(NC(=O)Cn2cc(S(=O)(=O)N3CCCCC3)ccc2=O)cc1C. The minimum Gasteiger partial charge on any atom is -0.325 e. The normalized spacial score (nSPS) is 15.4. The fourth-order valence-corrected chi connectivity index (χ4v) is 4.75.